The summed E-state index contributed by atoms with van der Waals surface area (Å²) < 4.78 is 5.59. The summed E-state index contributed by atoms with van der Waals surface area (Å²) in [5.41, 5.74) is 3.56. The number of aryl methyl sites for hydroxylation is 1. The van der Waals surface area contributed by atoms with Crippen molar-refractivity contribution in [3.63, 3.8) is 0 Å². The first-order valence-corrected chi connectivity index (χ1v) is 7.15. The van der Waals surface area contributed by atoms with Gasteiger partial charge in [-0.1, -0.05) is 53.7 Å². The number of hydrogen-bond donors (Lipinski definition) is 1. The second-order valence-electron chi connectivity index (χ2n) is 6.83. The van der Waals surface area contributed by atoms with Crippen molar-refractivity contribution in [3.8, 4) is 5.75 Å². The van der Waals surface area contributed by atoms with Gasteiger partial charge >= 0.3 is 0 Å². The van der Waals surface area contributed by atoms with E-state index in [1.165, 1.54) is 11.1 Å². The van der Waals surface area contributed by atoms with E-state index in [0.717, 1.165) is 11.3 Å². The van der Waals surface area contributed by atoms with Crippen LogP contribution in [0.4, 0.5) is 0 Å². The summed E-state index contributed by atoms with van der Waals surface area (Å²) in [7, 11) is -0.517. The van der Waals surface area contributed by atoms with Gasteiger partial charge in [-0.05, 0) is 23.3 Å². The number of hydrogen-bond acceptors (Lipinski definition) is 2. The molecule has 0 amide bonds. The summed E-state index contributed by atoms with van der Waals surface area (Å²) >= 11 is 0. The summed E-state index contributed by atoms with van der Waals surface area (Å²) in [5, 5.41) is 0. The lowest BCUT2D eigenvalue weighted by atomic mass is 9.77. The minimum absolute atomic E-state index is 0.000324. The third kappa shape index (κ3) is 3.24. The molecule has 1 N–H and O–H groups in total. The Balaban J connectivity index is 3.58. The third-order valence-corrected chi connectivity index (χ3v) is 3.37. The van der Waals surface area contributed by atoms with Crippen molar-refractivity contribution < 1.29 is 9.42 Å². The molecular formula is C15H25O2P. The van der Waals surface area contributed by atoms with Gasteiger partial charge in [-0.25, -0.2) is 0 Å². The zero-order valence-electron chi connectivity index (χ0n) is 12.5. The van der Waals surface area contributed by atoms with Gasteiger partial charge in [0.1, 0.15) is 5.75 Å². The van der Waals surface area contributed by atoms with Gasteiger partial charge in [0.25, 0.3) is 0 Å². The van der Waals surface area contributed by atoms with Crippen LogP contribution in [0, 0.1) is 6.92 Å². The Morgan fingerprint density at radius 1 is 1.00 bits per heavy atom. The first-order valence-electron chi connectivity index (χ1n) is 6.29. The Bertz CT molecular complexity index is 425. The molecule has 0 fully saturated rings. The molecule has 3 heteroatoms. The molecule has 2 nitrogen and oxygen atoms in total. The minimum Gasteiger partial charge on any atom is -0.449 e. The molecule has 1 rings (SSSR count). The Hall–Kier alpha value is -0.590. The third-order valence-electron chi connectivity index (χ3n) is 3.07. The van der Waals surface area contributed by atoms with Crippen LogP contribution in [0.25, 0.3) is 0 Å². The van der Waals surface area contributed by atoms with Crippen LogP contribution in [0.5, 0.6) is 5.75 Å². The lowest BCUT2D eigenvalue weighted by Gasteiger charge is -2.30. The van der Waals surface area contributed by atoms with Crippen LogP contribution in [0.2, 0.25) is 0 Å². The summed E-state index contributed by atoms with van der Waals surface area (Å²) in [6.07, 6.45) is 0. The standard InChI is InChI=1S/C15H25O2P/c1-10-8-9-11(14(2,3)4)13(17-18-16)12(10)15(5,6)7/h8-9,16,18H,1-7H3. The zero-order chi connectivity index (χ0) is 14.1. The van der Waals surface area contributed by atoms with Crippen molar-refractivity contribution in [1.82, 2.24) is 0 Å². The predicted molar refractivity (Wildman–Crippen MR) is 79.7 cm³/mol. The molecule has 0 saturated heterocycles. The van der Waals surface area contributed by atoms with Gasteiger partial charge in [0, 0.05) is 11.1 Å². The van der Waals surface area contributed by atoms with E-state index in [-0.39, 0.29) is 10.8 Å². The summed E-state index contributed by atoms with van der Waals surface area (Å²) in [5.74, 6) is 0.857. The van der Waals surface area contributed by atoms with Crippen LogP contribution in [0.3, 0.4) is 0 Å². The molecule has 0 aliphatic rings. The van der Waals surface area contributed by atoms with Gasteiger partial charge in [0.2, 0.25) is 9.03 Å². The molecule has 0 aliphatic heterocycles. The SMILES string of the molecule is Cc1ccc(C(C)(C)C)c(OPO)c1C(C)(C)C. The van der Waals surface area contributed by atoms with Crippen molar-refractivity contribution in [2.75, 3.05) is 0 Å². The number of benzene rings is 1. The van der Waals surface area contributed by atoms with Crippen LogP contribution in [0.15, 0.2) is 12.1 Å². The first-order chi connectivity index (χ1) is 8.09. The first kappa shape index (κ1) is 15.5. The van der Waals surface area contributed by atoms with Crippen LogP contribution >= 0.6 is 9.03 Å². The number of rotatable bonds is 2. The van der Waals surface area contributed by atoms with E-state index in [9.17, 15) is 4.89 Å². The molecule has 0 radical (unpaired) electrons. The van der Waals surface area contributed by atoms with Crippen LogP contribution in [0.1, 0.15) is 58.2 Å². The Labute approximate surface area is 113 Å². The van der Waals surface area contributed by atoms with E-state index in [2.05, 4.69) is 60.6 Å². The van der Waals surface area contributed by atoms with E-state index in [0.29, 0.717) is 0 Å². The lowest BCUT2D eigenvalue weighted by molar-refractivity contribution is 0.468. The van der Waals surface area contributed by atoms with Gasteiger partial charge in [-0.15, -0.1) is 0 Å². The molecule has 1 unspecified atom stereocenters. The molecular weight excluding hydrogens is 243 g/mol. The van der Waals surface area contributed by atoms with Gasteiger partial charge in [0.05, 0.1) is 0 Å². The van der Waals surface area contributed by atoms with Crippen molar-refractivity contribution in [1.29, 1.82) is 0 Å². The summed E-state index contributed by atoms with van der Waals surface area (Å²) in [4.78, 5) is 9.20. The second-order valence-corrected chi connectivity index (χ2v) is 7.21. The summed E-state index contributed by atoms with van der Waals surface area (Å²) in [6.45, 7) is 15.1. The fraction of sp³-hybridized carbons (Fsp3) is 0.600. The van der Waals surface area contributed by atoms with Crippen molar-refractivity contribution in [3.05, 3.63) is 28.8 Å². The molecule has 0 heterocycles. The van der Waals surface area contributed by atoms with Crippen LogP contribution < -0.4 is 4.52 Å². The maximum Gasteiger partial charge on any atom is 0.212 e. The highest BCUT2D eigenvalue weighted by Crippen LogP contribution is 2.43. The quantitative estimate of drug-likeness (QED) is 0.802. The Kier molecular flexibility index (Phi) is 4.46. The van der Waals surface area contributed by atoms with E-state index in [1.807, 2.05) is 0 Å². The predicted octanol–water partition coefficient (Wildman–Crippen LogP) is 4.47. The monoisotopic (exact) mass is 268 g/mol. The van der Waals surface area contributed by atoms with E-state index < -0.39 is 9.03 Å². The molecule has 0 aromatic heterocycles. The highest BCUT2D eigenvalue weighted by Gasteiger charge is 2.28. The molecule has 1 atom stereocenters. The molecule has 1 aromatic rings. The van der Waals surface area contributed by atoms with E-state index in [1.54, 1.807) is 0 Å². The van der Waals surface area contributed by atoms with Crippen molar-refractivity contribution in [2.45, 2.75) is 59.3 Å². The molecule has 102 valence electrons. The van der Waals surface area contributed by atoms with Crippen molar-refractivity contribution in [2.24, 2.45) is 0 Å². The fourth-order valence-corrected chi connectivity index (χ4v) is 2.66. The topological polar surface area (TPSA) is 29.5 Å². The smallest absolute Gasteiger partial charge is 0.212 e. The average Bonchev–Trinajstić information content (AvgIpc) is 2.13. The highest BCUT2D eigenvalue weighted by molar-refractivity contribution is 7.25. The average molecular weight is 268 g/mol. The Morgan fingerprint density at radius 3 is 1.94 bits per heavy atom. The van der Waals surface area contributed by atoms with E-state index in [4.69, 9.17) is 4.52 Å². The zero-order valence-corrected chi connectivity index (χ0v) is 13.5. The molecule has 1 aromatic carbocycles. The fourth-order valence-electron chi connectivity index (χ4n) is 2.36. The second kappa shape index (κ2) is 5.19. The lowest BCUT2D eigenvalue weighted by Crippen LogP contribution is -2.19. The summed E-state index contributed by atoms with van der Waals surface area (Å²) in [6, 6.07) is 4.26. The van der Waals surface area contributed by atoms with Gasteiger partial charge < -0.3 is 9.42 Å². The van der Waals surface area contributed by atoms with Gasteiger partial charge in [-0.3, -0.25) is 0 Å². The molecule has 0 aliphatic carbocycles. The Morgan fingerprint density at radius 2 is 1.56 bits per heavy atom. The normalized spacial score (nSPS) is 13.3. The van der Waals surface area contributed by atoms with Gasteiger partial charge in [0.15, 0.2) is 0 Å². The maximum atomic E-state index is 9.20. The largest absolute Gasteiger partial charge is 0.449 e. The van der Waals surface area contributed by atoms with Crippen LogP contribution in [-0.2, 0) is 10.8 Å². The molecule has 18 heavy (non-hydrogen) atoms. The minimum atomic E-state index is -0.517. The highest BCUT2D eigenvalue weighted by atomic mass is 31.1. The molecule has 0 spiro atoms. The van der Waals surface area contributed by atoms with E-state index >= 15 is 0 Å². The van der Waals surface area contributed by atoms with Crippen LogP contribution in [-0.4, -0.2) is 4.89 Å². The van der Waals surface area contributed by atoms with Gasteiger partial charge in [-0.2, -0.15) is 0 Å². The van der Waals surface area contributed by atoms with Crippen molar-refractivity contribution >= 4 is 9.03 Å². The maximum absolute atomic E-state index is 9.20. The molecule has 0 saturated carbocycles. The molecule has 0 bridgehead atoms.